The van der Waals surface area contributed by atoms with Crippen LogP contribution in [0.3, 0.4) is 0 Å². The molecular formula is C18H34N2O4. The standard InChI is InChI=1S/C18H34N2O4/c1-16(2,3)23-14(21)9-18(7,8)19-10-13-11-20(12-13)15(22)24-17(4,5)6/h13,19H,9-12H2,1-8H3. The zero-order chi connectivity index (χ0) is 18.8. The molecule has 6 nitrogen and oxygen atoms in total. The molecule has 0 aromatic rings. The summed E-state index contributed by atoms with van der Waals surface area (Å²) in [6, 6.07) is 0. The number of carbonyl (C=O) groups excluding carboxylic acids is 2. The van der Waals surface area contributed by atoms with Crippen molar-refractivity contribution < 1.29 is 19.1 Å². The SMILES string of the molecule is CC(C)(CC(=O)OC(C)(C)C)NCC1CN(C(=O)OC(C)(C)C)C1. The van der Waals surface area contributed by atoms with Crippen LogP contribution in [0.25, 0.3) is 0 Å². The van der Waals surface area contributed by atoms with Gasteiger partial charge in [0.15, 0.2) is 0 Å². The molecule has 1 saturated heterocycles. The molecule has 1 N–H and O–H groups in total. The van der Waals surface area contributed by atoms with Gasteiger partial charge in [0.1, 0.15) is 11.2 Å². The number of esters is 1. The molecule has 1 amide bonds. The molecule has 1 heterocycles. The van der Waals surface area contributed by atoms with Gasteiger partial charge in [-0.15, -0.1) is 0 Å². The molecule has 0 saturated carbocycles. The van der Waals surface area contributed by atoms with Crippen molar-refractivity contribution in [2.24, 2.45) is 5.92 Å². The molecule has 0 bridgehead atoms. The van der Waals surface area contributed by atoms with Crippen LogP contribution in [-0.2, 0) is 14.3 Å². The third-order valence-electron chi connectivity index (χ3n) is 3.48. The number of carbonyl (C=O) groups is 2. The zero-order valence-corrected chi connectivity index (χ0v) is 16.5. The summed E-state index contributed by atoms with van der Waals surface area (Å²) in [5.74, 6) is 0.180. The molecule has 1 aliphatic heterocycles. The van der Waals surface area contributed by atoms with E-state index in [1.54, 1.807) is 4.90 Å². The van der Waals surface area contributed by atoms with Gasteiger partial charge in [-0.25, -0.2) is 4.79 Å². The van der Waals surface area contributed by atoms with Crippen molar-refractivity contribution in [1.82, 2.24) is 10.2 Å². The number of hydrogen-bond donors (Lipinski definition) is 1. The van der Waals surface area contributed by atoms with Crippen LogP contribution in [0.1, 0.15) is 61.8 Å². The van der Waals surface area contributed by atoms with Crippen LogP contribution >= 0.6 is 0 Å². The first-order chi connectivity index (χ1) is 10.7. The molecule has 0 aromatic heterocycles. The van der Waals surface area contributed by atoms with E-state index in [0.717, 1.165) is 6.54 Å². The van der Waals surface area contributed by atoms with Crippen LogP contribution in [0.15, 0.2) is 0 Å². The van der Waals surface area contributed by atoms with E-state index in [-0.39, 0.29) is 17.6 Å². The monoisotopic (exact) mass is 342 g/mol. The molecule has 24 heavy (non-hydrogen) atoms. The summed E-state index contributed by atoms with van der Waals surface area (Å²) in [7, 11) is 0. The quantitative estimate of drug-likeness (QED) is 0.778. The van der Waals surface area contributed by atoms with Gasteiger partial charge in [0.2, 0.25) is 0 Å². The van der Waals surface area contributed by atoms with Gasteiger partial charge in [0.05, 0.1) is 6.42 Å². The highest BCUT2D eigenvalue weighted by Gasteiger charge is 2.35. The van der Waals surface area contributed by atoms with Crippen molar-refractivity contribution in [3.8, 4) is 0 Å². The Bertz CT molecular complexity index is 455. The van der Waals surface area contributed by atoms with Gasteiger partial charge in [0, 0.05) is 31.1 Å². The van der Waals surface area contributed by atoms with Crippen molar-refractivity contribution >= 4 is 12.1 Å². The first-order valence-electron chi connectivity index (χ1n) is 8.62. The highest BCUT2D eigenvalue weighted by Crippen LogP contribution is 2.21. The Labute approximate surface area is 146 Å². The number of nitrogens with zero attached hydrogens (tertiary/aromatic N) is 1. The lowest BCUT2D eigenvalue weighted by Gasteiger charge is -2.41. The summed E-state index contributed by atoms with van der Waals surface area (Å²) in [6.07, 6.45) is 0.0546. The van der Waals surface area contributed by atoms with Crippen LogP contribution in [-0.4, -0.2) is 53.3 Å². The minimum atomic E-state index is -0.463. The predicted molar refractivity (Wildman–Crippen MR) is 93.8 cm³/mol. The van der Waals surface area contributed by atoms with Crippen molar-refractivity contribution in [1.29, 1.82) is 0 Å². The minimum Gasteiger partial charge on any atom is -0.460 e. The van der Waals surface area contributed by atoms with Crippen molar-refractivity contribution in [2.45, 2.75) is 78.6 Å². The van der Waals surface area contributed by atoms with Crippen LogP contribution in [0, 0.1) is 5.92 Å². The van der Waals surface area contributed by atoms with E-state index in [4.69, 9.17) is 9.47 Å². The Balaban J connectivity index is 2.30. The van der Waals surface area contributed by atoms with Crippen LogP contribution in [0.2, 0.25) is 0 Å². The van der Waals surface area contributed by atoms with E-state index in [1.807, 2.05) is 55.4 Å². The van der Waals surface area contributed by atoms with Crippen molar-refractivity contribution in [3.05, 3.63) is 0 Å². The largest absolute Gasteiger partial charge is 0.460 e. The van der Waals surface area contributed by atoms with E-state index in [9.17, 15) is 9.59 Å². The Kier molecular flexibility index (Phi) is 6.31. The van der Waals surface area contributed by atoms with E-state index in [0.29, 0.717) is 25.4 Å². The second-order valence-corrected chi connectivity index (χ2v) is 9.28. The second kappa shape index (κ2) is 7.30. The van der Waals surface area contributed by atoms with Gasteiger partial charge in [-0.3, -0.25) is 4.79 Å². The molecule has 6 heteroatoms. The Morgan fingerprint density at radius 3 is 1.92 bits per heavy atom. The van der Waals surface area contributed by atoms with E-state index >= 15 is 0 Å². The highest BCUT2D eigenvalue weighted by atomic mass is 16.6. The summed E-state index contributed by atoms with van der Waals surface area (Å²) < 4.78 is 10.7. The van der Waals surface area contributed by atoms with E-state index in [2.05, 4.69) is 5.32 Å². The number of amides is 1. The maximum Gasteiger partial charge on any atom is 0.410 e. The van der Waals surface area contributed by atoms with Crippen LogP contribution in [0.4, 0.5) is 4.79 Å². The first-order valence-corrected chi connectivity index (χ1v) is 8.62. The molecule has 0 aliphatic carbocycles. The fourth-order valence-electron chi connectivity index (χ4n) is 2.40. The van der Waals surface area contributed by atoms with Crippen molar-refractivity contribution in [2.75, 3.05) is 19.6 Å². The molecule has 0 atom stereocenters. The lowest BCUT2D eigenvalue weighted by molar-refractivity contribution is -0.156. The molecule has 1 rings (SSSR count). The average Bonchev–Trinajstić information content (AvgIpc) is 2.19. The Morgan fingerprint density at radius 2 is 1.46 bits per heavy atom. The molecule has 0 aromatic carbocycles. The number of hydrogen-bond acceptors (Lipinski definition) is 5. The van der Waals surface area contributed by atoms with Crippen molar-refractivity contribution in [3.63, 3.8) is 0 Å². The first kappa shape index (κ1) is 20.7. The normalized spacial score (nSPS) is 16.6. The van der Waals surface area contributed by atoms with Crippen LogP contribution < -0.4 is 5.32 Å². The summed E-state index contributed by atoms with van der Waals surface area (Å²) in [4.78, 5) is 25.5. The third kappa shape index (κ3) is 7.99. The molecule has 1 aliphatic rings. The average molecular weight is 342 g/mol. The fraction of sp³-hybridized carbons (Fsp3) is 0.889. The van der Waals surface area contributed by atoms with Gasteiger partial charge < -0.3 is 19.7 Å². The highest BCUT2D eigenvalue weighted by molar-refractivity contribution is 5.71. The lowest BCUT2D eigenvalue weighted by atomic mass is 9.96. The molecule has 0 unspecified atom stereocenters. The van der Waals surface area contributed by atoms with E-state index < -0.39 is 11.2 Å². The minimum absolute atomic E-state index is 0.205. The maximum atomic E-state index is 11.9. The van der Waals surface area contributed by atoms with Gasteiger partial charge in [-0.1, -0.05) is 0 Å². The fourth-order valence-corrected chi connectivity index (χ4v) is 2.40. The molecule has 140 valence electrons. The molecule has 1 fully saturated rings. The smallest absolute Gasteiger partial charge is 0.410 e. The number of likely N-dealkylation sites (tertiary alicyclic amines) is 1. The summed E-state index contributed by atoms with van der Waals surface area (Å²) >= 11 is 0. The summed E-state index contributed by atoms with van der Waals surface area (Å²) in [6.45, 7) is 17.3. The van der Waals surface area contributed by atoms with Gasteiger partial charge in [-0.05, 0) is 55.4 Å². The number of rotatable bonds is 5. The van der Waals surface area contributed by atoms with Gasteiger partial charge >= 0.3 is 12.1 Å². The second-order valence-electron chi connectivity index (χ2n) is 9.28. The Hall–Kier alpha value is -1.30. The molecule has 0 spiro atoms. The van der Waals surface area contributed by atoms with Crippen LogP contribution in [0.5, 0.6) is 0 Å². The molecule has 0 radical (unpaired) electrons. The predicted octanol–water partition coefficient (Wildman–Crippen LogP) is 2.95. The zero-order valence-electron chi connectivity index (χ0n) is 16.5. The number of ether oxygens (including phenoxy) is 2. The summed E-state index contributed by atoms with van der Waals surface area (Å²) in [5.41, 5.74) is -1.26. The number of nitrogens with one attached hydrogen (secondary N) is 1. The molecular weight excluding hydrogens is 308 g/mol. The maximum absolute atomic E-state index is 11.9. The van der Waals surface area contributed by atoms with Gasteiger partial charge in [0.25, 0.3) is 0 Å². The summed E-state index contributed by atoms with van der Waals surface area (Å²) in [5, 5.41) is 3.41. The Morgan fingerprint density at radius 1 is 0.958 bits per heavy atom. The topological polar surface area (TPSA) is 67.9 Å². The third-order valence-corrected chi connectivity index (χ3v) is 3.48. The van der Waals surface area contributed by atoms with Gasteiger partial charge in [-0.2, -0.15) is 0 Å². The lowest BCUT2D eigenvalue weighted by Crippen LogP contribution is -2.56. The van der Waals surface area contributed by atoms with E-state index in [1.165, 1.54) is 0 Å².